The number of halogens is 1. The fourth-order valence-electron chi connectivity index (χ4n) is 7.39. The predicted molar refractivity (Wildman–Crippen MR) is 106 cm³/mol. The van der Waals surface area contributed by atoms with E-state index in [9.17, 15) is 34.2 Å². The Balaban J connectivity index is 1.74. The summed E-state index contributed by atoms with van der Waals surface area (Å²) >= 11 is 0. The van der Waals surface area contributed by atoms with Crippen LogP contribution in [0, 0.1) is 28.6 Å². The highest BCUT2D eigenvalue weighted by molar-refractivity contribution is 7.43. The van der Waals surface area contributed by atoms with Crippen LogP contribution < -0.4 is 9.79 Å². The van der Waals surface area contributed by atoms with Crippen molar-refractivity contribution in [1.82, 2.24) is 0 Å². The molecule has 0 heterocycles. The van der Waals surface area contributed by atoms with Crippen molar-refractivity contribution in [2.75, 3.05) is 6.61 Å². The number of rotatable bonds is 4. The van der Waals surface area contributed by atoms with Crippen molar-refractivity contribution in [2.24, 2.45) is 28.6 Å². The van der Waals surface area contributed by atoms with Gasteiger partial charge in [-0.25, -0.2) is 4.39 Å². The molecule has 0 aliphatic heterocycles. The van der Waals surface area contributed by atoms with Crippen molar-refractivity contribution >= 4 is 19.4 Å². The average Bonchev–Trinajstić information content (AvgIpc) is 2.89. The summed E-state index contributed by atoms with van der Waals surface area (Å²) in [4.78, 5) is 46.6. The second-order valence-corrected chi connectivity index (χ2v) is 11.5. The molecule has 8 atom stereocenters. The van der Waals surface area contributed by atoms with Gasteiger partial charge < -0.3 is 29.1 Å². The maximum absolute atomic E-state index is 17.0. The van der Waals surface area contributed by atoms with Gasteiger partial charge in [-0.2, -0.15) is 0 Å². The first-order valence-corrected chi connectivity index (χ1v) is 12.3. The van der Waals surface area contributed by atoms with E-state index in [-0.39, 0.29) is 18.6 Å². The molecule has 0 aromatic rings. The minimum atomic E-state index is -5.43. The maximum Gasteiger partial charge on any atom is 0.191 e. The summed E-state index contributed by atoms with van der Waals surface area (Å²) in [5.41, 5.74) is -6.03. The number of ketones is 2. The van der Waals surface area contributed by atoms with E-state index >= 15 is 4.39 Å². The molecule has 0 aromatic carbocycles. The molecular formula is C22H28FO8P-2. The van der Waals surface area contributed by atoms with Gasteiger partial charge in [-0.15, -0.1) is 0 Å². The Bertz CT molecular complexity index is 973. The lowest BCUT2D eigenvalue weighted by Gasteiger charge is -2.62. The first-order chi connectivity index (χ1) is 14.6. The number of hydrogen-bond acceptors (Lipinski definition) is 8. The van der Waals surface area contributed by atoms with Gasteiger partial charge in [0.05, 0.1) is 13.9 Å². The number of Topliss-reactive ketones (excluding diaryl/α,β-unsaturated/α-hetero) is 1. The fraction of sp³-hybridized carbons (Fsp3) is 0.727. The second kappa shape index (κ2) is 7.14. The molecule has 4 aliphatic rings. The smallest absolute Gasteiger partial charge is 0.191 e. The van der Waals surface area contributed by atoms with Crippen LogP contribution in [0.2, 0.25) is 0 Å². The van der Waals surface area contributed by atoms with Crippen LogP contribution in [0.5, 0.6) is 0 Å². The van der Waals surface area contributed by atoms with Crippen molar-refractivity contribution in [3.63, 3.8) is 0 Å². The van der Waals surface area contributed by atoms with Crippen LogP contribution in [0.4, 0.5) is 4.39 Å². The zero-order valence-corrected chi connectivity index (χ0v) is 19.1. The third-order valence-electron chi connectivity index (χ3n) is 9.00. The lowest BCUT2D eigenvalue weighted by molar-refractivity contribution is -0.341. The summed E-state index contributed by atoms with van der Waals surface area (Å²) in [6, 6.07) is 0. The molecule has 8 nitrogen and oxygen atoms in total. The monoisotopic (exact) mass is 470 g/mol. The summed E-state index contributed by atoms with van der Waals surface area (Å²) < 4.78 is 32.0. The molecule has 4 aliphatic carbocycles. The van der Waals surface area contributed by atoms with E-state index in [0.717, 1.165) is 0 Å². The van der Waals surface area contributed by atoms with E-state index in [1.807, 2.05) is 0 Å². The van der Waals surface area contributed by atoms with Gasteiger partial charge in [0.2, 0.25) is 0 Å². The number of aliphatic hydroxyl groups excluding tert-OH is 1. The quantitative estimate of drug-likeness (QED) is 0.572. The predicted octanol–water partition coefficient (Wildman–Crippen LogP) is 0.749. The van der Waals surface area contributed by atoms with Crippen LogP contribution in [0.1, 0.15) is 46.5 Å². The van der Waals surface area contributed by atoms with Gasteiger partial charge >= 0.3 is 0 Å². The molecule has 32 heavy (non-hydrogen) atoms. The summed E-state index contributed by atoms with van der Waals surface area (Å²) in [5, 5.41) is 22.8. The highest BCUT2D eigenvalue weighted by Crippen LogP contribution is 2.70. The Morgan fingerprint density at radius 3 is 2.62 bits per heavy atom. The molecule has 0 aromatic heterocycles. The van der Waals surface area contributed by atoms with Gasteiger partial charge in [0.25, 0.3) is 0 Å². The third kappa shape index (κ3) is 2.95. The Hall–Kier alpha value is -1.22. The molecule has 0 unspecified atom stereocenters. The van der Waals surface area contributed by atoms with Crippen LogP contribution >= 0.6 is 7.82 Å². The second-order valence-electron chi connectivity index (χ2n) is 10.3. The van der Waals surface area contributed by atoms with E-state index in [2.05, 4.69) is 4.52 Å². The number of aliphatic hydroxyl groups is 2. The normalized spacial score (nSPS) is 48.0. The summed E-state index contributed by atoms with van der Waals surface area (Å²) in [5.74, 6) is -3.06. The van der Waals surface area contributed by atoms with Crippen LogP contribution in [0.3, 0.4) is 0 Å². The molecule has 0 radical (unpaired) electrons. The van der Waals surface area contributed by atoms with E-state index in [1.165, 1.54) is 18.2 Å². The summed E-state index contributed by atoms with van der Waals surface area (Å²) in [6.45, 7) is 3.80. The van der Waals surface area contributed by atoms with Gasteiger partial charge in [-0.3, -0.25) is 9.59 Å². The number of phosphoric ester groups is 1. The highest BCUT2D eigenvalue weighted by Gasteiger charge is 2.75. The maximum atomic E-state index is 17.0. The van der Waals surface area contributed by atoms with Crippen molar-refractivity contribution in [3.05, 3.63) is 23.8 Å². The Morgan fingerprint density at radius 2 is 2.00 bits per heavy atom. The van der Waals surface area contributed by atoms with E-state index in [0.29, 0.717) is 18.4 Å². The molecule has 0 saturated heterocycles. The molecule has 3 saturated carbocycles. The van der Waals surface area contributed by atoms with Gasteiger partial charge in [0.15, 0.2) is 17.2 Å². The van der Waals surface area contributed by atoms with Gasteiger partial charge in [-0.1, -0.05) is 25.5 Å². The fourth-order valence-corrected chi connectivity index (χ4v) is 7.66. The third-order valence-corrected chi connectivity index (χ3v) is 9.45. The Kier molecular flexibility index (Phi) is 5.34. The molecule has 3 fully saturated rings. The molecule has 178 valence electrons. The number of alkyl halides is 1. The number of carbonyl (C=O) groups is 2. The molecule has 4 rings (SSSR count). The Morgan fingerprint density at radius 1 is 1.34 bits per heavy atom. The molecule has 2 N–H and O–H groups in total. The zero-order chi connectivity index (χ0) is 23.9. The molecule has 0 spiro atoms. The lowest BCUT2D eigenvalue weighted by atomic mass is 9.44. The number of fused-ring (bicyclic) bond motifs is 5. The minimum Gasteiger partial charge on any atom is -0.790 e. The molecule has 0 bridgehead atoms. The summed E-state index contributed by atoms with van der Waals surface area (Å²) in [6.07, 6.45) is 3.54. The van der Waals surface area contributed by atoms with Crippen molar-refractivity contribution in [2.45, 2.75) is 63.8 Å². The highest BCUT2D eigenvalue weighted by atomic mass is 31.2. The Labute approximate surface area is 185 Å². The first kappa shape index (κ1) is 23.9. The van der Waals surface area contributed by atoms with Crippen LogP contribution in [0.25, 0.3) is 0 Å². The SMILES string of the molecule is C[C@H]1C[C@H]2[C@@H]3CCC4=CC(=O)C=C[C@]4(C)[C@@]3(F)[C@H](O)C[C@]2(C)[C@@]1(O)C(=O)COP(=O)([O-])[O-]. The van der Waals surface area contributed by atoms with Crippen molar-refractivity contribution < 1.29 is 43.1 Å². The van der Waals surface area contributed by atoms with Gasteiger partial charge in [0, 0.05) is 16.7 Å². The number of carbonyl (C=O) groups excluding carboxylic acids is 2. The van der Waals surface area contributed by atoms with Crippen LogP contribution in [-0.4, -0.2) is 45.8 Å². The van der Waals surface area contributed by atoms with Crippen LogP contribution in [0.15, 0.2) is 23.8 Å². The standard InChI is InChI=1S/C22H30FO8P/c1-12-8-16-15-5-4-13-9-14(24)6-7-19(13,2)21(15,23)17(25)10-20(16,3)22(12,27)18(26)11-31-32(28,29)30/h6-7,9,12,15-17,25,27H,4-5,8,10-11H2,1-3H3,(H2,28,29,30)/p-2/t12-,15-,16-,17+,19-,20-,21-,22-/m0/s1. The minimum absolute atomic E-state index is 0.224. The van der Waals surface area contributed by atoms with Crippen molar-refractivity contribution in [3.8, 4) is 0 Å². The molecular weight excluding hydrogens is 442 g/mol. The van der Waals surface area contributed by atoms with Gasteiger partial charge in [-0.05, 0) is 56.6 Å². The van der Waals surface area contributed by atoms with E-state index in [4.69, 9.17) is 0 Å². The number of phosphoric acid groups is 1. The number of hydrogen-bond donors (Lipinski definition) is 2. The average molecular weight is 470 g/mol. The largest absolute Gasteiger partial charge is 0.790 e. The molecule has 0 amide bonds. The molecule has 10 heteroatoms. The van der Waals surface area contributed by atoms with Gasteiger partial charge in [0.1, 0.15) is 12.2 Å². The first-order valence-electron chi connectivity index (χ1n) is 10.8. The van der Waals surface area contributed by atoms with Crippen molar-refractivity contribution in [1.29, 1.82) is 0 Å². The zero-order valence-electron chi connectivity index (χ0n) is 18.2. The number of allylic oxidation sites excluding steroid dienone is 4. The van der Waals surface area contributed by atoms with Crippen LogP contribution in [-0.2, 0) is 18.7 Å². The summed E-state index contributed by atoms with van der Waals surface area (Å²) in [7, 11) is -5.43. The van der Waals surface area contributed by atoms with E-state index in [1.54, 1.807) is 20.8 Å². The lowest BCUT2D eigenvalue weighted by Crippen LogP contribution is -2.69. The topological polar surface area (TPSA) is 147 Å². The van der Waals surface area contributed by atoms with E-state index < -0.39 is 66.2 Å².